The Hall–Kier alpha value is -2.95. The van der Waals surface area contributed by atoms with Crippen molar-refractivity contribution >= 4 is 16.9 Å². The Kier molecular flexibility index (Phi) is 5.69. The minimum Gasteiger partial charge on any atom is -0.490 e. The molecule has 27 heavy (non-hydrogen) atoms. The van der Waals surface area contributed by atoms with Gasteiger partial charge < -0.3 is 19.6 Å². The number of carbonyl (C=O) groups is 1. The smallest absolute Gasteiger partial charge is 0.307 e. The van der Waals surface area contributed by atoms with E-state index in [1.807, 2.05) is 38.1 Å². The number of aromatic amines is 1. The second-order valence-corrected chi connectivity index (χ2v) is 6.31. The number of hydrogen-bond acceptors (Lipinski definition) is 3. The zero-order valence-electron chi connectivity index (χ0n) is 16.0. The summed E-state index contributed by atoms with van der Waals surface area (Å²) < 4.78 is 11.4. The Morgan fingerprint density at radius 2 is 1.74 bits per heavy atom. The molecule has 0 saturated heterocycles. The number of carboxylic acids is 1. The van der Waals surface area contributed by atoms with E-state index in [4.69, 9.17) is 9.47 Å². The van der Waals surface area contributed by atoms with E-state index in [-0.39, 0.29) is 6.42 Å². The maximum absolute atomic E-state index is 11.5. The molecule has 1 heterocycles. The summed E-state index contributed by atoms with van der Waals surface area (Å²) in [6, 6.07) is 11.9. The third-order valence-electron chi connectivity index (χ3n) is 4.54. The highest BCUT2D eigenvalue weighted by Crippen LogP contribution is 2.37. The fourth-order valence-electron chi connectivity index (χ4n) is 3.30. The molecule has 2 N–H and O–H groups in total. The zero-order chi connectivity index (χ0) is 19.4. The van der Waals surface area contributed by atoms with E-state index in [1.54, 1.807) is 0 Å². The number of H-pyrrole nitrogens is 1. The van der Waals surface area contributed by atoms with E-state index in [9.17, 15) is 9.90 Å². The lowest BCUT2D eigenvalue weighted by molar-refractivity contribution is -0.136. The Balaban J connectivity index is 2.17. The molecule has 0 spiro atoms. The third-order valence-corrected chi connectivity index (χ3v) is 4.54. The standard InChI is InChI=1S/C22H25NO4/c1-4-14-7-9-18-16(11-14)17(13-21(24)25)22(23-18)15-8-10-19(26-5-2)20(12-15)27-6-3/h7-12,23H,4-6,13H2,1-3H3,(H,24,25). The molecule has 0 amide bonds. The van der Waals surface area contributed by atoms with Crippen LogP contribution in [0.25, 0.3) is 22.2 Å². The Morgan fingerprint density at radius 3 is 2.41 bits per heavy atom. The average Bonchev–Trinajstić information content (AvgIpc) is 3.00. The number of aliphatic carboxylic acids is 1. The van der Waals surface area contributed by atoms with Crippen LogP contribution in [0.2, 0.25) is 0 Å². The van der Waals surface area contributed by atoms with Gasteiger partial charge in [0.05, 0.1) is 25.3 Å². The lowest BCUT2D eigenvalue weighted by atomic mass is 10.0. The van der Waals surface area contributed by atoms with Crippen molar-refractivity contribution in [3.05, 3.63) is 47.5 Å². The van der Waals surface area contributed by atoms with E-state index in [0.29, 0.717) is 24.7 Å². The number of carboxylic acid groups (broad SMARTS) is 1. The van der Waals surface area contributed by atoms with Crippen molar-refractivity contribution in [2.75, 3.05) is 13.2 Å². The number of rotatable bonds is 8. The Morgan fingerprint density at radius 1 is 1.00 bits per heavy atom. The van der Waals surface area contributed by atoms with Gasteiger partial charge in [0.2, 0.25) is 0 Å². The number of nitrogens with one attached hydrogen (secondary N) is 1. The highest BCUT2D eigenvalue weighted by Gasteiger charge is 2.18. The Labute approximate surface area is 158 Å². The topological polar surface area (TPSA) is 71.6 Å². The molecule has 3 rings (SSSR count). The summed E-state index contributed by atoms with van der Waals surface area (Å²) in [6.07, 6.45) is 0.861. The van der Waals surface area contributed by atoms with Gasteiger partial charge in [-0.1, -0.05) is 13.0 Å². The highest BCUT2D eigenvalue weighted by molar-refractivity contribution is 5.94. The van der Waals surface area contributed by atoms with Crippen molar-refractivity contribution in [1.82, 2.24) is 4.98 Å². The fraction of sp³-hybridized carbons (Fsp3) is 0.318. The molecule has 0 unspecified atom stereocenters. The third kappa shape index (κ3) is 3.92. The number of aryl methyl sites for hydroxylation is 1. The van der Waals surface area contributed by atoms with Crippen molar-refractivity contribution in [3.8, 4) is 22.8 Å². The summed E-state index contributed by atoms with van der Waals surface area (Å²) in [6.45, 7) is 7.02. The van der Waals surface area contributed by atoms with E-state index in [2.05, 4.69) is 24.0 Å². The van der Waals surface area contributed by atoms with Crippen molar-refractivity contribution in [1.29, 1.82) is 0 Å². The van der Waals surface area contributed by atoms with Crippen LogP contribution in [0, 0.1) is 0 Å². The summed E-state index contributed by atoms with van der Waals surface area (Å²) in [5, 5.41) is 10.4. The van der Waals surface area contributed by atoms with Gasteiger partial charge in [-0.2, -0.15) is 0 Å². The first kappa shape index (κ1) is 18.8. The predicted molar refractivity (Wildman–Crippen MR) is 107 cm³/mol. The molecule has 5 nitrogen and oxygen atoms in total. The number of aromatic nitrogens is 1. The lowest BCUT2D eigenvalue weighted by Gasteiger charge is -2.12. The van der Waals surface area contributed by atoms with Crippen molar-refractivity contribution in [3.63, 3.8) is 0 Å². The predicted octanol–water partition coefficient (Wildman–Crippen LogP) is 4.82. The molecule has 0 aliphatic carbocycles. The average molecular weight is 367 g/mol. The summed E-state index contributed by atoms with van der Waals surface area (Å²) in [4.78, 5) is 14.9. The zero-order valence-corrected chi connectivity index (χ0v) is 16.0. The molecule has 0 fully saturated rings. The molecule has 2 aromatic carbocycles. The molecule has 0 aliphatic rings. The van der Waals surface area contributed by atoms with Gasteiger partial charge in [-0.05, 0) is 61.7 Å². The first-order valence-corrected chi connectivity index (χ1v) is 9.32. The van der Waals surface area contributed by atoms with Crippen LogP contribution in [0.4, 0.5) is 0 Å². The minimum absolute atomic E-state index is 0.0420. The van der Waals surface area contributed by atoms with Crippen LogP contribution in [-0.2, 0) is 17.6 Å². The van der Waals surface area contributed by atoms with Crippen LogP contribution in [-0.4, -0.2) is 29.3 Å². The molecule has 1 aromatic heterocycles. The quantitative estimate of drug-likeness (QED) is 0.599. The van der Waals surface area contributed by atoms with Crippen LogP contribution < -0.4 is 9.47 Å². The molecule has 5 heteroatoms. The fourth-order valence-corrected chi connectivity index (χ4v) is 3.30. The Bertz CT molecular complexity index is 958. The molecule has 0 radical (unpaired) electrons. The molecular weight excluding hydrogens is 342 g/mol. The van der Waals surface area contributed by atoms with E-state index in [1.165, 1.54) is 5.56 Å². The number of benzene rings is 2. The van der Waals surface area contributed by atoms with Gasteiger partial charge in [0.1, 0.15) is 0 Å². The number of fused-ring (bicyclic) bond motifs is 1. The summed E-state index contributed by atoms with van der Waals surface area (Å²) in [5.74, 6) is 0.494. The molecule has 0 aliphatic heterocycles. The van der Waals surface area contributed by atoms with Gasteiger partial charge in [0, 0.05) is 16.5 Å². The molecule has 142 valence electrons. The summed E-state index contributed by atoms with van der Waals surface area (Å²) in [7, 11) is 0. The van der Waals surface area contributed by atoms with Gasteiger partial charge >= 0.3 is 5.97 Å². The monoisotopic (exact) mass is 367 g/mol. The maximum Gasteiger partial charge on any atom is 0.307 e. The second-order valence-electron chi connectivity index (χ2n) is 6.31. The first-order valence-electron chi connectivity index (χ1n) is 9.32. The van der Waals surface area contributed by atoms with Gasteiger partial charge in [-0.25, -0.2) is 0 Å². The summed E-state index contributed by atoms with van der Waals surface area (Å²) in [5.41, 5.74) is 4.60. The van der Waals surface area contributed by atoms with Crippen molar-refractivity contribution < 1.29 is 19.4 Å². The first-order chi connectivity index (χ1) is 13.1. The van der Waals surface area contributed by atoms with Crippen LogP contribution in [0.1, 0.15) is 31.9 Å². The normalized spacial score (nSPS) is 10.9. The van der Waals surface area contributed by atoms with Gasteiger partial charge in [-0.3, -0.25) is 4.79 Å². The van der Waals surface area contributed by atoms with Crippen molar-refractivity contribution in [2.24, 2.45) is 0 Å². The molecule has 0 atom stereocenters. The van der Waals surface area contributed by atoms with E-state index < -0.39 is 5.97 Å². The van der Waals surface area contributed by atoms with Gasteiger partial charge in [0.25, 0.3) is 0 Å². The van der Waals surface area contributed by atoms with E-state index in [0.717, 1.165) is 34.1 Å². The second kappa shape index (κ2) is 8.16. The van der Waals surface area contributed by atoms with Crippen LogP contribution in [0.3, 0.4) is 0 Å². The van der Waals surface area contributed by atoms with Gasteiger partial charge in [-0.15, -0.1) is 0 Å². The molecule has 0 bridgehead atoms. The largest absolute Gasteiger partial charge is 0.490 e. The molecule has 0 saturated carbocycles. The minimum atomic E-state index is -0.852. The number of ether oxygens (including phenoxy) is 2. The summed E-state index contributed by atoms with van der Waals surface area (Å²) >= 11 is 0. The van der Waals surface area contributed by atoms with Crippen LogP contribution in [0.5, 0.6) is 11.5 Å². The maximum atomic E-state index is 11.5. The van der Waals surface area contributed by atoms with Crippen LogP contribution in [0.15, 0.2) is 36.4 Å². The molecular formula is C22H25NO4. The number of hydrogen-bond donors (Lipinski definition) is 2. The van der Waals surface area contributed by atoms with Gasteiger partial charge in [0.15, 0.2) is 11.5 Å². The highest BCUT2D eigenvalue weighted by atomic mass is 16.5. The molecule has 3 aromatic rings. The van der Waals surface area contributed by atoms with E-state index >= 15 is 0 Å². The lowest BCUT2D eigenvalue weighted by Crippen LogP contribution is -2.02. The SMILES string of the molecule is CCOc1ccc(-c2[nH]c3ccc(CC)cc3c2CC(=O)O)cc1OCC. The van der Waals surface area contributed by atoms with Crippen LogP contribution >= 0.6 is 0 Å². The van der Waals surface area contributed by atoms with Crippen molar-refractivity contribution in [2.45, 2.75) is 33.6 Å².